The number of hydrogen-bond acceptors (Lipinski definition) is 7. The van der Waals surface area contributed by atoms with E-state index in [9.17, 15) is 27.9 Å². The molecule has 2 aromatic carbocycles. The van der Waals surface area contributed by atoms with Gasteiger partial charge in [0.1, 0.15) is 22.6 Å². The summed E-state index contributed by atoms with van der Waals surface area (Å²) >= 11 is 12.6. The van der Waals surface area contributed by atoms with E-state index in [-0.39, 0.29) is 44.1 Å². The van der Waals surface area contributed by atoms with E-state index in [4.69, 9.17) is 32.7 Å². The van der Waals surface area contributed by atoms with Crippen LogP contribution in [0.1, 0.15) is 17.3 Å². The lowest BCUT2D eigenvalue weighted by atomic mass is 9.97. The number of ketones is 1. The molecule has 1 aliphatic rings. The van der Waals surface area contributed by atoms with Crippen molar-refractivity contribution in [2.24, 2.45) is 0 Å². The van der Waals surface area contributed by atoms with E-state index in [1.165, 1.54) is 44.7 Å². The third-order valence-corrected chi connectivity index (χ3v) is 6.18. The number of carbonyl (C=O) groups excluding carboxylic acids is 2. The average molecular weight is 569 g/mol. The van der Waals surface area contributed by atoms with Crippen molar-refractivity contribution in [2.45, 2.75) is 12.4 Å². The van der Waals surface area contributed by atoms with Crippen LogP contribution in [0.25, 0.3) is 5.76 Å². The Hall–Kier alpha value is -3.96. The molecule has 0 saturated carbocycles. The fourth-order valence-corrected chi connectivity index (χ4v) is 4.70. The van der Waals surface area contributed by atoms with Crippen molar-refractivity contribution >= 4 is 46.3 Å². The normalized spacial score (nSPS) is 17.0. The highest BCUT2D eigenvalue weighted by Crippen LogP contribution is 2.48. The number of Topliss-reactive ketones (excluding diaryl/α,β-unsaturated/α-hetero) is 1. The molecule has 8 nitrogen and oxygen atoms in total. The Bertz CT molecular complexity index is 1430. The summed E-state index contributed by atoms with van der Waals surface area (Å²) in [4.78, 5) is 31.8. The van der Waals surface area contributed by atoms with Crippen molar-refractivity contribution in [3.63, 3.8) is 0 Å². The fourth-order valence-electron chi connectivity index (χ4n) is 4.02. The summed E-state index contributed by atoms with van der Waals surface area (Å²) in [6.45, 7) is 0. The van der Waals surface area contributed by atoms with E-state index >= 15 is 0 Å². The van der Waals surface area contributed by atoms with Crippen LogP contribution in [0.3, 0.4) is 0 Å². The van der Waals surface area contributed by atoms with E-state index in [1.54, 1.807) is 12.1 Å². The largest absolute Gasteiger partial charge is 0.573 e. The number of rotatable bonds is 6. The maximum Gasteiger partial charge on any atom is 0.573 e. The lowest BCUT2D eigenvalue weighted by Gasteiger charge is -2.25. The van der Waals surface area contributed by atoms with Crippen LogP contribution in [0.2, 0.25) is 10.0 Å². The second-order valence-corrected chi connectivity index (χ2v) is 8.54. The van der Waals surface area contributed by atoms with Gasteiger partial charge in [-0.25, -0.2) is 0 Å². The molecule has 1 saturated heterocycles. The minimum absolute atomic E-state index is 0.0104. The first-order valence-electron chi connectivity index (χ1n) is 10.7. The number of carbonyl (C=O) groups is 2. The molecule has 1 aromatic heterocycles. The fraction of sp³-hybridized carbons (Fsp3) is 0.160. The molecule has 38 heavy (non-hydrogen) atoms. The van der Waals surface area contributed by atoms with Crippen molar-refractivity contribution in [1.82, 2.24) is 4.98 Å². The van der Waals surface area contributed by atoms with Crippen LogP contribution in [-0.4, -0.2) is 42.4 Å². The minimum atomic E-state index is -4.92. The zero-order valence-corrected chi connectivity index (χ0v) is 21.1. The number of ether oxygens (including phenoxy) is 3. The quantitative estimate of drug-likeness (QED) is 0.223. The van der Waals surface area contributed by atoms with Crippen LogP contribution < -0.4 is 19.1 Å². The Morgan fingerprint density at radius 1 is 1.03 bits per heavy atom. The zero-order valence-electron chi connectivity index (χ0n) is 19.5. The van der Waals surface area contributed by atoms with Crippen LogP contribution in [0.4, 0.5) is 18.9 Å². The highest BCUT2D eigenvalue weighted by atomic mass is 35.5. The van der Waals surface area contributed by atoms with Gasteiger partial charge in [-0.1, -0.05) is 29.3 Å². The van der Waals surface area contributed by atoms with Crippen LogP contribution in [0, 0.1) is 0 Å². The van der Waals surface area contributed by atoms with Gasteiger partial charge in [-0.3, -0.25) is 19.5 Å². The van der Waals surface area contributed by atoms with E-state index in [1.807, 2.05) is 0 Å². The first kappa shape index (κ1) is 27.1. The van der Waals surface area contributed by atoms with Crippen molar-refractivity contribution < 1.29 is 42.1 Å². The number of aromatic nitrogens is 1. The number of methoxy groups -OCH3 is 2. The summed E-state index contributed by atoms with van der Waals surface area (Å²) in [6.07, 6.45) is -3.50. The molecule has 13 heteroatoms. The number of aliphatic hydroxyl groups is 1. The lowest BCUT2D eigenvalue weighted by Crippen LogP contribution is -2.29. The summed E-state index contributed by atoms with van der Waals surface area (Å²) in [6, 6.07) is 9.03. The Kier molecular flexibility index (Phi) is 7.43. The van der Waals surface area contributed by atoms with Crippen molar-refractivity contribution in [2.75, 3.05) is 19.1 Å². The van der Waals surface area contributed by atoms with E-state index in [0.717, 1.165) is 17.0 Å². The number of anilines is 1. The van der Waals surface area contributed by atoms with Gasteiger partial charge in [-0.2, -0.15) is 0 Å². The second-order valence-electron chi connectivity index (χ2n) is 7.75. The molecular weight excluding hydrogens is 552 g/mol. The summed E-state index contributed by atoms with van der Waals surface area (Å²) < 4.78 is 52.2. The van der Waals surface area contributed by atoms with Gasteiger partial charge in [0, 0.05) is 11.9 Å². The molecule has 0 bridgehead atoms. The van der Waals surface area contributed by atoms with Crippen molar-refractivity contribution in [1.29, 1.82) is 0 Å². The predicted octanol–water partition coefficient (Wildman–Crippen LogP) is 5.93. The first-order chi connectivity index (χ1) is 18.0. The molecule has 3 aromatic rings. The molecule has 1 N–H and O–H groups in total. The zero-order chi connectivity index (χ0) is 27.8. The number of alkyl halides is 3. The number of halogens is 5. The molecule has 1 amide bonds. The molecule has 2 heterocycles. The molecule has 1 aliphatic heterocycles. The van der Waals surface area contributed by atoms with Gasteiger partial charge in [-0.15, -0.1) is 13.2 Å². The number of hydrogen-bond donors (Lipinski definition) is 1. The number of amides is 1. The number of benzene rings is 2. The molecular formula is C25H17Cl2F3N2O6. The van der Waals surface area contributed by atoms with Gasteiger partial charge in [-0.05, 0) is 42.5 Å². The Balaban J connectivity index is 1.92. The Labute approximate surface area is 223 Å². The topological polar surface area (TPSA) is 98.2 Å². The number of nitrogens with zero attached hydrogens (tertiary/aromatic N) is 2. The van der Waals surface area contributed by atoms with E-state index in [0.29, 0.717) is 0 Å². The Morgan fingerprint density at radius 2 is 1.68 bits per heavy atom. The molecule has 1 atom stereocenters. The molecule has 0 aliphatic carbocycles. The maximum absolute atomic E-state index is 13.3. The lowest BCUT2D eigenvalue weighted by molar-refractivity contribution is -0.274. The maximum atomic E-state index is 13.3. The van der Waals surface area contributed by atoms with Gasteiger partial charge in [0.05, 0.1) is 36.1 Å². The van der Waals surface area contributed by atoms with Gasteiger partial charge in [0.2, 0.25) is 0 Å². The standard InChI is InChI=1S/C25H17Cl2F3N2O6/c1-36-22-14(11-15(26)23(37-2)18(22)27)20(33)17-19(16-5-3-4-10-31-16)32(24(35)21(17)34)12-6-8-13(9-7-12)38-25(28,29)30/h3-11,19,33H,1-2H3/b20-17+. The summed E-state index contributed by atoms with van der Waals surface area (Å²) in [5.41, 5.74) is -0.237. The van der Waals surface area contributed by atoms with Gasteiger partial charge < -0.3 is 19.3 Å². The van der Waals surface area contributed by atoms with Gasteiger partial charge in [0.25, 0.3) is 11.7 Å². The summed E-state index contributed by atoms with van der Waals surface area (Å²) in [5, 5.41) is 11.3. The Morgan fingerprint density at radius 3 is 2.24 bits per heavy atom. The summed E-state index contributed by atoms with van der Waals surface area (Å²) in [7, 11) is 2.59. The highest BCUT2D eigenvalue weighted by Gasteiger charge is 2.48. The number of pyridine rings is 1. The smallest absolute Gasteiger partial charge is 0.507 e. The van der Waals surface area contributed by atoms with Gasteiger partial charge >= 0.3 is 6.36 Å². The minimum Gasteiger partial charge on any atom is -0.507 e. The van der Waals surface area contributed by atoms with Crippen LogP contribution in [0.15, 0.2) is 60.3 Å². The first-order valence-corrected chi connectivity index (χ1v) is 11.4. The second kappa shape index (κ2) is 10.4. The molecule has 1 fully saturated rings. The van der Waals surface area contributed by atoms with E-state index in [2.05, 4.69) is 9.72 Å². The summed E-state index contributed by atoms with van der Waals surface area (Å²) in [5.74, 6) is -3.36. The molecule has 0 spiro atoms. The van der Waals surface area contributed by atoms with Gasteiger partial charge in [0.15, 0.2) is 11.5 Å². The predicted molar refractivity (Wildman–Crippen MR) is 132 cm³/mol. The van der Waals surface area contributed by atoms with Crippen molar-refractivity contribution in [3.05, 3.63) is 81.6 Å². The number of aliphatic hydroxyl groups excluding tert-OH is 1. The van der Waals surface area contributed by atoms with Crippen LogP contribution in [-0.2, 0) is 9.59 Å². The van der Waals surface area contributed by atoms with Crippen molar-refractivity contribution in [3.8, 4) is 17.2 Å². The third-order valence-electron chi connectivity index (χ3n) is 5.56. The molecule has 1 unspecified atom stereocenters. The SMILES string of the molecule is COc1c(Cl)cc(/C(O)=C2\C(=O)C(=O)N(c3ccc(OC(F)(F)F)cc3)C2c2ccccn2)c(OC)c1Cl. The average Bonchev–Trinajstić information content (AvgIpc) is 3.14. The monoisotopic (exact) mass is 568 g/mol. The molecule has 4 rings (SSSR count). The van der Waals surface area contributed by atoms with Crippen LogP contribution in [0.5, 0.6) is 17.2 Å². The highest BCUT2D eigenvalue weighted by molar-refractivity contribution is 6.52. The van der Waals surface area contributed by atoms with Crippen LogP contribution >= 0.6 is 23.2 Å². The van der Waals surface area contributed by atoms with E-state index < -0.39 is 35.6 Å². The molecule has 0 radical (unpaired) electrons. The third kappa shape index (κ3) is 4.94. The molecule has 198 valence electrons.